The van der Waals surface area contributed by atoms with Crippen LogP contribution >= 0.6 is 0 Å². The molecule has 0 radical (unpaired) electrons. The van der Waals surface area contributed by atoms with Crippen molar-refractivity contribution in [2.24, 2.45) is 0 Å². The predicted molar refractivity (Wildman–Crippen MR) is 83.1 cm³/mol. The molecule has 2 aromatic carbocycles. The van der Waals surface area contributed by atoms with Gasteiger partial charge in [-0.3, -0.25) is 4.79 Å². The molecule has 1 amide bonds. The van der Waals surface area contributed by atoms with Crippen molar-refractivity contribution in [3.63, 3.8) is 0 Å². The van der Waals surface area contributed by atoms with Crippen LogP contribution in [0.3, 0.4) is 0 Å². The molecular weight excluding hydrogens is 301 g/mol. The minimum atomic E-state index is -0.628. The molecular formula is C17H16FNO4. The van der Waals surface area contributed by atoms with E-state index in [0.717, 1.165) is 11.6 Å². The lowest BCUT2D eigenvalue weighted by Crippen LogP contribution is -2.16. The first kappa shape index (κ1) is 16.5. The van der Waals surface area contributed by atoms with E-state index in [1.54, 1.807) is 24.3 Å². The zero-order valence-corrected chi connectivity index (χ0v) is 12.8. The molecule has 0 aromatic heterocycles. The number of carbonyl (C=O) groups is 2. The van der Waals surface area contributed by atoms with Crippen LogP contribution in [0.5, 0.6) is 5.75 Å². The Hall–Kier alpha value is -2.89. The Kier molecular flexibility index (Phi) is 5.30. The van der Waals surface area contributed by atoms with Crippen molar-refractivity contribution in [2.45, 2.75) is 6.42 Å². The van der Waals surface area contributed by atoms with Gasteiger partial charge in [0.25, 0.3) is 0 Å². The van der Waals surface area contributed by atoms with Gasteiger partial charge in [-0.15, -0.1) is 0 Å². The molecule has 2 aromatic rings. The summed E-state index contributed by atoms with van der Waals surface area (Å²) in [5.74, 6) is -1.00. The van der Waals surface area contributed by atoms with Gasteiger partial charge in [0.1, 0.15) is 11.6 Å². The van der Waals surface area contributed by atoms with E-state index in [1.807, 2.05) is 0 Å². The fourth-order valence-corrected chi connectivity index (χ4v) is 2.03. The fourth-order valence-electron chi connectivity index (χ4n) is 2.03. The maximum Gasteiger partial charge on any atom is 0.337 e. The summed E-state index contributed by atoms with van der Waals surface area (Å²) in [5, 5.41) is 2.45. The van der Waals surface area contributed by atoms with Crippen LogP contribution in [0, 0.1) is 5.82 Å². The molecule has 0 atom stereocenters. The van der Waals surface area contributed by atoms with E-state index in [2.05, 4.69) is 10.1 Å². The van der Waals surface area contributed by atoms with E-state index in [1.165, 1.54) is 26.4 Å². The number of hydrogen-bond donors (Lipinski definition) is 1. The van der Waals surface area contributed by atoms with Crippen LogP contribution in [0.2, 0.25) is 0 Å². The number of amides is 1. The number of esters is 1. The molecule has 0 fully saturated rings. The lowest BCUT2D eigenvalue weighted by Gasteiger charge is -2.09. The normalized spacial score (nSPS) is 10.0. The highest BCUT2D eigenvalue weighted by atomic mass is 19.1. The lowest BCUT2D eigenvalue weighted by atomic mass is 10.1. The van der Waals surface area contributed by atoms with Gasteiger partial charge in [0, 0.05) is 0 Å². The van der Waals surface area contributed by atoms with E-state index in [-0.39, 0.29) is 17.7 Å². The molecule has 0 aliphatic carbocycles. The minimum absolute atomic E-state index is 0.0547. The highest BCUT2D eigenvalue weighted by molar-refractivity contribution is 5.95. The number of benzene rings is 2. The quantitative estimate of drug-likeness (QED) is 0.861. The first-order valence-corrected chi connectivity index (χ1v) is 6.84. The maximum absolute atomic E-state index is 13.8. The Morgan fingerprint density at radius 3 is 2.61 bits per heavy atom. The number of ether oxygens (including phenoxy) is 2. The van der Waals surface area contributed by atoms with Crippen LogP contribution in [-0.4, -0.2) is 26.1 Å². The molecule has 0 heterocycles. The third kappa shape index (κ3) is 4.29. The third-order valence-corrected chi connectivity index (χ3v) is 3.16. The van der Waals surface area contributed by atoms with E-state index in [4.69, 9.17) is 4.74 Å². The summed E-state index contributed by atoms with van der Waals surface area (Å²) in [6.45, 7) is 0. The molecule has 0 saturated carbocycles. The molecule has 2 rings (SSSR count). The first-order valence-electron chi connectivity index (χ1n) is 6.84. The molecule has 0 aliphatic heterocycles. The predicted octanol–water partition coefficient (Wildman–Crippen LogP) is 2.80. The van der Waals surface area contributed by atoms with Gasteiger partial charge in [0.05, 0.1) is 31.9 Å². The van der Waals surface area contributed by atoms with Crippen molar-refractivity contribution < 1.29 is 23.5 Å². The number of anilines is 1. The monoisotopic (exact) mass is 317 g/mol. The molecule has 0 unspecified atom stereocenters. The van der Waals surface area contributed by atoms with Crippen molar-refractivity contribution in [1.29, 1.82) is 0 Å². The Morgan fingerprint density at radius 1 is 1.13 bits per heavy atom. The van der Waals surface area contributed by atoms with Crippen LogP contribution in [-0.2, 0) is 16.0 Å². The van der Waals surface area contributed by atoms with Crippen molar-refractivity contribution >= 4 is 17.6 Å². The minimum Gasteiger partial charge on any atom is -0.497 e. The molecule has 0 aliphatic rings. The van der Waals surface area contributed by atoms with Crippen molar-refractivity contribution in [2.75, 3.05) is 19.5 Å². The van der Waals surface area contributed by atoms with Crippen LogP contribution in [0.4, 0.5) is 10.1 Å². The molecule has 0 bridgehead atoms. The third-order valence-electron chi connectivity index (χ3n) is 3.16. The second kappa shape index (κ2) is 7.40. The molecule has 120 valence electrons. The SMILES string of the molecule is COC(=O)c1ccc(F)c(NC(=O)Cc2cccc(OC)c2)c1. The van der Waals surface area contributed by atoms with Gasteiger partial charge in [-0.2, -0.15) is 0 Å². The van der Waals surface area contributed by atoms with Crippen molar-refractivity contribution in [3.8, 4) is 5.75 Å². The van der Waals surface area contributed by atoms with E-state index in [0.29, 0.717) is 5.75 Å². The lowest BCUT2D eigenvalue weighted by molar-refractivity contribution is -0.115. The Labute approximate surface area is 133 Å². The van der Waals surface area contributed by atoms with Gasteiger partial charge in [0.2, 0.25) is 5.91 Å². The summed E-state index contributed by atoms with van der Waals surface area (Å²) >= 11 is 0. The van der Waals surface area contributed by atoms with Crippen molar-refractivity contribution in [3.05, 3.63) is 59.4 Å². The highest BCUT2D eigenvalue weighted by Crippen LogP contribution is 2.18. The summed E-state index contributed by atoms with van der Waals surface area (Å²) in [7, 11) is 2.76. The average Bonchev–Trinajstić information content (AvgIpc) is 2.56. The molecule has 5 nitrogen and oxygen atoms in total. The number of nitrogens with one attached hydrogen (secondary N) is 1. The Bertz CT molecular complexity index is 730. The van der Waals surface area contributed by atoms with Crippen LogP contribution in [0.1, 0.15) is 15.9 Å². The summed E-state index contributed by atoms with van der Waals surface area (Å²) in [4.78, 5) is 23.5. The standard InChI is InChI=1S/C17H16FNO4/c1-22-13-5-3-4-11(8-13)9-16(20)19-15-10-12(17(21)23-2)6-7-14(15)18/h3-8,10H,9H2,1-2H3,(H,19,20). The van der Waals surface area contributed by atoms with Gasteiger partial charge in [0.15, 0.2) is 0 Å². The van der Waals surface area contributed by atoms with Gasteiger partial charge in [-0.05, 0) is 35.9 Å². The van der Waals surface area contributed by atoms with Crippen LogP contribution in [0.25, 0.3) is 0 Å². The summed E-state index contributed by atoms with van der Waals surface area (Å²) in [6, 6.07) is 10.7. The molecule has 23 heavy (non-hydrogen) atoms. The topological polar surface area (TPSA) is 64.6 Å². The molecule has 6 heteroatoms. The highest BCUT2D eigenvalue weighted by Gasteiger charge is 2.12. The first-order chi connectivity index (χ1) is 11.0. The summed E-state index contributed by atoms with van der Waals surface area (Å²) < 4.78 is 23.4. The number of hydrogen-bond acceptors (Lipinski definition) is 4. The van der Waals surface area contributed by atoms with Gasteiger partial charge in [-0.25, -0.2) is 9.18 Å². The maximum atomic E-state index is 13.8. The second-order valence-corrected chi connectivity index (χ2v) is 4.76. The molecule has 0 saturated heterocycles. The van der Waals surface area contributed by atoms with Gasteiger partial charge < -0.3 is 14.8 Å². The average molecular weight is 317 g/mol. The van der Waals surface area contributed by atoms with E-state index in [9.17, 15) is 14.0 Å². The van der Waals surface area contributed by atoms with E-state index < -0.39 is 17.7 Å². The van der Waals surface area contributed by atoms with Crippen molar-refractivity contribution in [1.82, 2.24) is 0 Å². The summed E-state index contributed by atoms with van der Waals surface area (Å²) in [5.41, 5.74) is 0.817. The number of methoxy groups -OCH3 is 2. The van der Waals surface area contributed by atoms with Crippen LogP contribution < -0.4 is 10.1 Å². The Morgan fingerprint density at radius 2 is 1.91 bits per heavy atom. The zero-order chi connectivity index (χ0) is 16.8. The number of carbonyl (C=O) groups excluding carboxylic acids is 2. The largest absolute Gasteiger partial charge is 0.497 e. The summed E-state index contributed by atoms with van der Waals surface area (Å²) in [6.07, 6.45) is 0.0547. The zero-order valence-electron chi connectivity index (χ0n) is 12.8. The smallest absolute Gasteiger partial charge is 0.337 e. The van der Waals surface area contributed by atoms with Gasteiger partial charge in [-0.1, -0.05) is 12.1 Å². The molecule has 0 spiro atoms. The number of halogens is 1. The number of rotatable bonds is 5. The second-order valence-electron chi connectivity index (χ2n) is 4.76. The van der Waals surface area contributed by atoms with E-state index >= 15 is 0 Å². The molecule has 1 N–H and O–H groups in total. The van der Waals surface area contributed by atoms with Gasteiger partial charge >= 0.3 is 5.97 Å². The Balaban J connectivity index is 2.11. The fraction of sp³-hybridized carbons (Fsp3) is 0.176. The van der Waals surface area contributed by atoms with Crippen LogP contribution in [0.15, 0.2) is 42.5 Å².